The summed E-state index contributed by atoms with van der Waals surface area (Å²) in [5.41, 5.74) is 9.86. The van der Waals surface area contributed by atoms with Gasteiger partial charge in [0, 0.05) is 11.6 Å². The van der Waals surface area contributed by atoms with Crippen molar-refractivity contribution < 1.29 is 4.74 Å². The van der Waals surface area contributed by atoms with E-state index in [9.17, 15) is 0 Å². The third-order valence-electron chi connectivity index (χ3n) is 3.36. The van der Waals surface area contributed by atoms with Crippen molar-refractivity contribution >= 4 is 17.1 Å². The summed E-state index contributed by atoms with van der Waals surface area (Å²) < 4.78 is 5.40. The Kier molecular flexibility index (Phi) is 4.88. The Morgan fingerprint density at radius 3 is 2.57 bits per heavy atom. The molecule has 0 amide bonds. The Balaban J connectivity index is 2.13. The molecular formula is C18H22N2O. The van der Waals surface area contributed by atoms with Crippen molar-refractivity contribution in [1.29, 1.82) is 0 Å². The van der Waals surface area contributed by atoms with Gasteiger partial charge in [-0.3, -0.25) is 0 Å². The van der Waals surface area contributed by atoms with Crippen LogP contribution < -0.4 is 11.1 Å². The SMILES string of the molecule is C=C(OCC)c1ccc(NC(C)c2ccccc2)c(N)c1. The fraction of sp³-hybridized carbons (Fsp3) is 0.222. The largest absolute Gasteiger partial charge is 0.494 e. The molecule has 3 heteroatoms. The molecule has 3 N–H and O–H groups in total. The Hall–Kier alpha value is -2.42. The summed E-state index contributed by atoms with van der Waals surface area (Å²) in [7, 11) is 0. The second-order valence-electron chi connectivity index (χ2n) is 4.93. The lowest BCUT2D eigenvalue weighted by Crippen LogP contribution is -2.08. The quantitative estimate of drug-likeness (QED) is 0.608. The van der Waals surface area contributed by atoms with E-state index in [1.165, 1.54) is 5.56 Å². The summed E-state index contributed by atoms with van der Waals surface area (Å²) in [4.78, 5) is 0. The van der Waals surface area contributed by atoms with Crippen LogP contribution in [0.15, 0.2) is 55.1 Å². The van der Waals surface area contributed by atoms with Crippen molar-refractivity contribution in [2.45, 2.75) is 19.9 Å². The van der Waals surface area contributed by atoms with E-state index in [0.29, 0.717) is 18.1 Å². The molecular weight excluding hydrogens is 260 g/mol. The predicted octanol–water partition coefficient (Wildman–Crippen LogP) is 4.45. The van der Waals surface area contributed by atoms with Gasteiger partial charge in [-0.1, -0.05) is 36.9 Å². The molecule has 1 unspecified atom stereocenters. The summed E-state index contributed by atoms with van der Waals surface area (Å²) in [5.74, 6) is 0.645. The molecule has 0 radical (unpaired) electrons. The first-order chi connectivity index (χ1) is 10.1. The smallest absolute Gasteiger partial charge is 0.119 e. The minimum atomic E-state index is 0.189. The third-order valence-corrected chi connectivity index (χ3v) is 3.36. The van der Waals surface area contributed by atoms with Crippen LogP contribution in [0.1, 0.15) is 31.0 Å². The second kappa shape index (κ2) is 6.84. The molecule has 1 atom stereocenters. The Morgan fingerprint density at radius 1 is 1.24 bits per heavy atom. The average molecular weight is 282 g/mol. The summed E-state index contributed by atoms with van der Waals surface area (Å²) >= 11 is 0. The van der Waals surface area contributed by atoms with Gasteiger partial charge in [-0.2, -0.15) is 0 Å². The van der Waals surface area contributed by atoms with Crippen LogP contribution >= 0.6 is 0 Å². The van der Waals surface area contributed by atoms with E-state index in [-0.39, 0.29) is 6.04 Å². The molecule has 0 aliphatic heterocycles. The van der Waals surface area contributed by atoms with E-state index >= 15 is 0 Å². The van der Waals surface area contributed by atoms with Gasteiger partial charge in [-0.25, -0.2) is 0 Å². The molecule has 0 bridgehead atoms. The van der Waals surface area contributed by atoms with Crippen molar-refractivity contribution in [3.63, 3.8) is 0 Å². The lowest BCUT2D eigenvalue weighted by atomic mass is 10.1. The molecule has 0 saturated carbocycles. The number of benzene rings is 2. The highest BCUT2D eigenvalue weighted by atomic mass is 16.5. The van der Waals surface area contributed by atoms with Crippen molar-refractivity contribution in [2.24, 2.45) is 0 Å². The maximum atomic E-state index is 6.12. The summed E-state index contributed by atoms with van der Waals surface area (Å²) in [6, 6.07) is 16.3. The minimum absolute atomic E-state index is 0.189. The van der Waals surface area contributed by atoms with E-state index in [2.05, 4.69) is 31.0 Å². The van der Waals surface area contributed by atoms with Gasteiger partial charge in [0.2, 0.25) is 0 Å². The predicted molar refractivity (Wildman–Crippen MR) is 90.0 cm³/mol. The van der Waals surface area contributed by atoms with Gasteiger partial charge in [0.1, 0.15) is 5.76 Å². The molecule has 110 valence electrons. The highest BCUT2D eigenvalue weighted by Gasteiger charge is 2.08. The second-order valence-corrected chi connectivity index (χ2v) is 4.93. The van der Waals surface area contributed by atoms with Crippen molar-refractivity contribution in [3.8, 4) is 0 Å². The molecule has 2 aromatic rings. The van der Waals surface area contributed by atoms with E-state index < -0.39 is 0 Å². The standard InChI is InChI=1S/C18H22N2O/c1-4-21-14(3)16-10-11-18(17(19)12-16)20-13(2)15-8-6-5-7-9-15/h5-13,20H,3-4,19H2,1-2H3. The first-order valence-electron chi connectivity index (χ1n) is 7.15. The highest BCUT2D eigenvalue weighted by molar-refractivity contribution is 5.72. The van der Waals surface area contributed by atoms with Gasteiger partial charge in [-0.15, -0.1) is 0 Å². The van der Waals surface area contributed by atoms with Crippen molar-refractivity contribution in [1.82, 2.24) is 0 Å². The van der Waals surface area contributed by atoms with Gasteiger partial charge in [-0.05, 0) is 37.6 Å². The van der Waals surface area contributed by atoms with Gasteiger partial charge >= 0.3 is 0 Å². The van der Waals surface area contributed by atoms with Crippen LogP contribution in [0.3, 0.4) is 0 Å². The molecule has 0 fully saturated rings. The molecule has 0 spiro atoms. The number of hydrogen-bond donors (Lipinski definition) is 2. The van der Waals surface area contributed by atoms with Gasteiger partial charge < -0.3 is 15.8 Å². The molecule has 3 nitrogen and oxygen atoms in total. The number of rotatable bonds is 6. The number of nitrogens with two attached hydrogens (primary N) is 1. The molecule has 21 heavy (non-hydrogen) atoms. The number of nitrogen functional groups attached to an aromatic ring is 1. The van der Waals surface area contributed by atoms with Gasteiger partial charge in [0.25, 0.3) is 0 Å². The van der Waals surface area contributed by atoms with Crippen molar-refractivity contribution in [2.75, 3.05) is 17.7 Å². The van der Waals surface area contributed by atoms with Crippen LogP contribution in [-0.4, -0.2) is 6.61 Å². The molecule has 0 saturated heterocycles. The zero-order chi connectivity index (χ0) is 15.2. The average Bonchev–Trinajstić information content (AvgIpc) is 2.50. The van der Waals surface area contributed by atoms with Crippen LogP contribution in [0.4, 0.5) is 11.4 Å². The van der Waals surface area contributed by atoms with Crippen LogP contribution in [0.2, 0.25) is 0 Å². The van der Waals surface area contributed by atoms with Crippen molar-refractivity contribution in [3.05, 3.63) is 66.2 Å². The normalized spacial score (nSPS) is 11.7. The minimum Gasteiger partial charge on any atom is -0.494 e. The molecule has 2 aromatic carbocycles. The lowest BCUT2D eigenvalue weighted by molar-refractivity contribution is 0.299. The number of hydrogen-bond acceptors (Lipinski definition) is 3. The topological polar surface area (TPSA) is 47.3 Å². The summed E-state index contributed by atoms with van der Waals surface area (Å²) in [5, 5.41) is 3.43. The zero-order valence-corrected chi connectivity index (χ0v) is 12.6. The Labute approximate surface area is 126 Å². The van der Waals surface area contributed by atoms with E-state index in [0.717, 1.165) is 11.3 Å². The molecule has 0 aromatic heterocycles. The zero-order valence-electron chi connectivity index (χ0n) is 12.6. The molecule has 0 heterocycles. The maximum Gasteiger partial charge on any atom is 0.119 e. The summed E-state index contributed by atoms with van der Waals surface area (Å²) in [6.07, 6.45) is 0. The Morgan fingerprint density at radius 2 is 1.95 bits per heavy atom. The van der Waals surface area contributed by atoms with E-state index in [1.54, 1.807) is 0 Å². The van der Waals surface area contributed by atoms with Crippen LogP contribution in [0.5, 0.6) is 0 Å². The van der Waals surface area contributed by atoms with Crippen LogP contribution in [0.25, 0.3) is 5.76 Å². The van der Waals surface area contributed by atoms with Gasteiger partial charge in [0.15, 0.2) is 0 Å². The van der Waals surface area contributed by atoms with Crippen LogP contribution in [-0.2, 0) is 4.74 Å². The van der Waals surface area contributed by atoms with E-state index in [4.69, 9.17) is 10.5 Å². The maximum absolute atomic E-state index is 6.12. The lowest BCUT2D eigenvalue weighted by Gasteiger charge is -2.18. The first kappa shape index (κ1) is 15.0. The summed E-state index contributed by atoms with van der Waals surface area (Å²) in [6.45, 7) is 8.55. The first-order valence-corrected chi connectivity index (χ1v) is 7.15. The molecule has 0 aliphatic rings. The number of anilines is 2. The van der Waals surface area contributed by atoms with Crippen LogP contribution in [0, 0.1) is 0 Å². The number of ether oxygens (including phenoxy) is 1. The fourth-order valence-corrected chi connectivity index (χ4v) is 2.18. The fourth-order valence-electron chi connectivity index (χ4n) is 2.18. The Bertz CT molecular complexity index is 608. The highest BCUT2D eigenvalue weighted by Crippen LogP contribution is 2.27. The molecule has 0 aliphatic carbocycles. The molecule has 2 rings (SSSR count). The third kappa shape index (κ3) is 3.78. The monoisotopic (exact) mass is 282 g/mol. The number of nitrogens with one attached hydrogen (secondary N) is 1. The van der Waals surface area contributed by atoms with Gasteiger partial charge in [0.05, 0.1) is 18.0 Å². The van der Waals surface area contributed by atoms with E-state index in [1.807, 2.05) is 43.3 Å².